The fourth-order valence-corrected chi connectivity index (χ4v) is 12.7. The number of H-pyrrole nitrogens is 1. The van der Waals surface area contributed by atoms with Crippen LogP contribution < -0.4 is 29.1 Å². The normalized spacial score (nSPS) is 24.0. The van der Waals surface area contributed by atoms with E-state index in [1.165, 1.54) is 61.5 Å². The van der Waals surface area contributed by atoms with Gasteiger partial charge in [0.15, 0.2) is 5.75 Å². The molecule has 2 aromatic heterocycles. The summed E-state index contributed by atoms with van der Waals surface area (Å²) in [6, 6.07) is 21.8. The number of amides is 1. The number of halogens is 1. The third-order valence-corrected chi connectivity index (χ3v) is 17.1. The van der Waals surface area contributed by atoms with Gasteiger partial charge in [-0.15, -0.1) is 0 Å². The first-order valence-corrected chi connectivity index (χ1v) is 26.6. The first-order valence-electron chi connectivity index (χ1n) is 25.8. The number of anilines is 2. The Morgan fingerprint density at radius 2 is 1.80 bits per heavy atom. The average molecular weight is 975 g/mol. The van der Waals surface area contributed by atoms with E-state index in [1.807, 2.05) is 38.1 Å². The number of pyridine rings is 1. The van der Waals surface area contributed by atoms with Gasteiger partial charge in [0.05, 0.1) is 34.4 Å². The number of carbonyl (C=O) groups excluding carboxylic acids is 1. The van der Waals surface area contributed by atoms with Crippen LogP contribution in [0.2, 0.25) is 0 Å². The van der Waals surface area contributed by atoms with Crippen molar-refractivity contribution in [2.24, 2.45) is 11.3 Å². The molecule has 5 aliphatic rings. The molecule has 2 aliphatic carbocycles. The van der Waals surface area contributed by atoms with Crippen LogP contribution in [0.5, 0.6) is 23.1 Å². The zero-order valence-electron chi connectivity index (χ0n) is 41.7. The van der Waals surface area contributed by atoms with Gasteiger partial charge >= 0.3 is 0 Å². The van der Waals surface area contributed by atoms with Gasteiger partial charge in [0.2, 0.25) is 0 Å². The number of fused-ring (bicyclic) bond motifs is 2. The van der Waals surface area contributed by atoms with Gasteiger partial charge in [-0.05, 0) is 161 Å². The van der Waals surface area contributed by atoms with Crippen molar-refractivity contribution in [3.05, 3.63) is 94.9 Å². The molecule has 374 valence electrons. The maximum Gasteiger partial charge on any atom is 0.265 e. The molecule has 1 unspecified atom stereocenters. The highest BCUT2D eigenvalue weighted by Crippen LogP contribution is 2.54. The predicted octanol–water partition coefficient (Wildman–Crippen LogP) is 11.7. The van der Waals surface area contributed by atoms with Crippen LogP contribution in [0.1, 0.15) is 138 Å². The van der Waals surface area contributed by atoms with Crippen LogP contribution in [-0.4, -0.2) is 89.6 Å². The maximum atomic E-state index is 15.1. The van der Waals surface area contributed by atoms with E-state index in [1.54, 1.807) is 13.2 Å². The van der Waals surface area contributed by atoms with Crippen molar-refractivity contribution in [2.75, 3.05) is 50.2 Å². The fraction of sp³-hybridized carbons (Fsp3) is 0.536. The Kier molecular flexibility index (Phi) is 14.1. The zero-order chi connectivity index (χ0) is 48.7. The lowest BCUT2D eigenvalue weighted by atomic mass is 9.59. The molecule has 5 aromatic rings. The number of benzene rings is 3. The van der Waals surface area contributed by atoms with Gasteiger partial charge in [0, 0.05) is 61.2 Å². The SMILES string of the molecule is CCc1cc(SNC(=O)c2ccc(N3CCC4(CC3)CC(N3CCC[C@H]3c3ccccc3C(C)C)C4)cc2Oc2cc3c(F)c[nH]c3nc2OC[C@@H](C)OC)cc2c1NC([C@H]1CC[C@](C)(O)CC1)CO2. The Morgan fingerprint density at radius 3 is 2.56 bits per heavy atom. The lowest BCUT2D eigenvalue weighted by Crippen LogP contribution is -2.54. The first kappa shape index (κ1) is 48.6. The number of aromatic nitrogens is 2. The monoisotopic (exact) mass is 975 g/mol. The van der Waals surface area contributed by atoms with E-state index in [0.29, 0.717) is 52.9 Å². The van der Waals surface area contributed by atoms with E-state index in [2.05, 4.69) is 80.9 Å². The summed E-state index contributed by atoms with van der Waals surface area (Å²) in [5, 5.41) is 14.6. The van der Waals surface area contributed by atoms with Crippen molar-refractivity contribution in [1.82, 2.24) is 19.6 Å². The number of aromatic amines is 1. The third-order valence-electron chi connectivity index (χ3n) is 16.3. The van der Waals surface area contributed by atoms with Crippen LogP contribution >= 0.6 is 11.9 Å². The Bertz CT molecular complexity index is 2650. The number of aliphatic hydroxyl groups is 1. The second kappa shape index (κ2) is 20.2. The Balaban J connectivity index is 0.866. The van der Waals surface area contributed by atoms with Gasteiger partial charge in [0.25, 0.3) is 11.8 Å². The van der Waals surface area contributed by atoms with E-state index in [4.69, 9.17) is 18.9 Å². The number of nitrogens with one attached hydrogen (secondary N) is 3. The van der Waals surface area contributed by atoms with Crippen LogP contribution in [0, 0.1) is 17.2 Å². The number of nitrogens with zero attached hydrogens (tertiary/aromatic N) is 3. The fourth-order valence-electron chi connectivity index (χ4n) is 12.0. The standard InChI is InChI=1S/C56H71FN6O6S/c1-7-36-25-40(27-49-51(36)59-46(33-67-49)37-16-18-55(5,65)19-17-37)70-61-53(64)43-15-14-38(26-48(43)69-50-28-44-45(57)31-58-52(44)60-54(50)68-32-35(4)66-6)62-23-20-56(21-24-62)29-39(30-56)63-22-10-13-47(63)42-12-9-8-11-41(42)34(2)3/h8-9,11-12,14-15,25-28,31,34-35,37,39,46-47,59,65H,7,10,13,16-24,29-30,32-33H2,1-6H3,(H,58,60)(H,61,64)/t35-,37-,46?,47+,55-/m1/s1. The highest BCUT2D eigenvalue weighted by atomic mass is 32.2. The van der Waals surface area contributed by atoms with Crippen molar-refractivity contribution in [2.45, 2.75) is 146 Å². The van der Waals surface area contributed by atoms with Gasteiger partial charge in [-0.3, -0.25) is 14.4 Å². The van der Waals surface area contributed by atoms with Crippen LogP contribution in [-0.2, 0) is 11.2 Å². The lowest BCUT2D eigenvalue weighted by Gasteiger charge is -2.56. The van der Waals surface area contributed by atoms with Gasteiger partial charge < -0.3 is 39.3 Å². The summed E-state index contributed by atoms with van der Waals surface area (Å²) in [6.07, 6.45) is 12.5. The highest BCUT2D eigenvalue weighted by Gasteiger charge is 2.50. The molecule has 70 heavy (non-hydrogen) atoms. The number of likely N-dealkylation sites (tertiary alicyclic amines) is 1. The minimum atomic E-state index is -0.588. The van der Waals surface area contributed by atoms with Gasteiger partial charge in [-0.2, -0.15) is 4.98 Å². The molecule has 3 atom stereocenters. The summed E-state index contributed by atoms with van der Waals surface area (Å²) in [4.78, 5) is 28.0. The van der Waals surface area contributed by atoms with Crippen molar-refractivity contribution in [3.8, 4) is 23.1 Å². The number of aryl methyl sites for hydroxylation is 1. The van der Waals surface area contributed by atoms with Crippen molar-refractivity contribution in [1.29, 1.82) is 0 Å². The predicted molar refractivity (Wildman–Crippen MR) is 275 cm³/mol. The van der Waals surface area contributed by atoms with E-state index < -0.39 is 11.4 Å². The maximum absolute atomic E-state index is 15.1. The second-order valence-corrected chi connectivity index (χ2v) is 22.3. The van der Waals surface area contributed by atoms with E-state index in [0.717, 1.165) is 85.6 Å². The molecule has 3 aliphatic heterocycles. The van der Waals surface area contributed by atoms with Gasteiger partial charge in [0.1, 0.15) is 36.2 Å². The number of hydrogen-bond donors (Lipinski definition) is 4. The number of hydrogen-bond acceptors (Lipinski definition) is 11. The third kappa shape index (κ3) is 10.1. The number of piperidine rings is 1. The summed E-state index contributed by atoms with van der Waals surface area (Å²) in [5.74, 6) is 1.55. The molecule has 14 heteroatoms. The summed E-state index contributed by atoms with van der Waals surface area (Å²) in [6.45, 7) is 14.3. The Hall–Kier alpha value is -5.02. The van der Waals surface area contributed by atoms with Crippen LogP contribution in [0.3, 0.4) is 0 Å². The molecule has 10 rings (SSSR count). The molecule has 12 nitrogen and oxygen atoms in total. The molecule has 4 N–H and O–H groups in total. The zero-order valence-corrected chi connectivity index (χ0v) is 42.6. The van der Waals surface area contributed by atoms with E-state index in [-0.39, 0.29) is 41.7 Å². The van der Waals surface area contributed by atoms with Crippen LogP contribution in [0.4, 0.5) is 15.8 Å². The molecule has 5 heterocycles. The summed E-state index contributed by atoms with van der Waals surface area (Å²) < 4.78 is 42.9. The number of rotatable bonds is 15. The Morgan fingerprint density at radius 1 is 1.01 bits per heavy atom. The van der Waals surface area contributed by atoms with E-state index in [9.17, 15) is 9.90 Å². The average Bonchev–Trinajstić information content (AvgIpc) is 3.99. The van der Waals surface area contributed by atoms with Gasteiger partial charge in [-0.1, -0.05) is 45.0 Å². The molecular formula is C56H71FN6O6S. The molecular weight excluding hydrogens is 904 g/mol. The highest BCUT2D eigenvalue weighted by molar-refractivity contribution is 7.98. The molecule has 0 radical (unpaired) electrons. The first-order chi connectivity index (χ1) is 33.8. The summed E-state index contributed by atoms with van der Waals surface area (Å²) >= 11 is 1.23. The molecule has 4 fully saturated rings. The molecule has 3 aromatic carbocycles. The van der Waals surface area contributed by atoms with Gasteiger partial charge in [-0.25, -0.2) is 4.39 Å². The molecule has 1 spiro atoms. The number of carbonyl (C=O) groups is 1. The molecule has 2 saturated carbocycles. The quantitative estimate of drug-likeness (QED) is 0.0747. The smallest absolute Gasteiger partial charge is 0.265 e. The van der Waals surface area contributed by atoms with Crippen LogP contribution in [0.25, 0.3) is 11.0 Å². The summed E-state index contributed by atoms with van der Waals surface area (Å²) in [5.41, 5.74) is 6.47. The molecule has 0 bridgehead atoms. The van der Waals surface area contributed by atoms with Crippen molar-refractivity contribution < 1.29 is 33.2 Å². The Labute approximate surface area is 416 Å². The largest absolute Gasteiger partial charge is 0.489 e. The number of methoxy groups -OCH3 is 1. The lowest BCUT2D eigenvalue weighted by molar-refractivity contribution is -0.0227. The minimum Gasteiger partial charge on any atom is -0.489 e. The summed E-state index contributed by atoms with van der Waals surface area (Å²) in [7, 11) is 1.61. The van der Waals surface area contributed by atoms with Crippen molar-refractivity contribution in [3.63, 3.8) is 0 Å². The topological polar surface area (TPSA) is 133 Å². The second-order valence-electron chi connectivity index (χ2n) is 21.4. The minimum absolute atomic E-state index is 0.157. The molecule has 2 saturated heterocycles. The van der Waals surface area contributed by atoms with E-state index >= 15 is 4.39 Å². The molecule has 1 amide bonds. The number of ether oxygens (including phenoxy) is 4. The van der Waals surface area contributed by atoms with Crippen LogP contribution in [0.15, 0.2) is 71.8 Å². The van der Waals surface area contributed by atoms with Crippen molar-refractivity contribution >= 4 is 40.3 Å².